The van der Waals surface area contributed by atoms with Crippen molar-refractivity contribution in [3.05, 3.63) is 65.9 Å². The number of phenolic OH excluding ortho intramolecular Hbond substituents is 1. The number of carbonyl (C=O) groups excluding carboxylic acids is 3. The number of phenols is 1. The van der Waals surface area contributed by atoms with Crippen LogP contribution in [0.15, 0.2) is 59.7 Å². The summed E-state index contributed by atoms with van der Waals surface area (Å²) in [5, 5.41) is 25.8. The van der Waals surface area contributed by atoms with Crippen LogP contribution in [0, 0.1) is 0 Å². The fourth-order valence-electron chi connectivity index (χ4n) is 5.49. The molecule has 0 spiro atoms. The first kappa shape index (κ1) is 32.8. The molecule has 2 aromatic carbocycles. The molecule has 3 aromatic rings. The van der Waals surface area contributed by atoms with Crippen molar-refractivity contribution in [1.29, 1.82) is 0 Å². The van der Waals surface area contributed by atoms with Gasteiger partial charge in [-0.3, -0.25) is 19.4 Å². The van der Waals surface area contributed by atoms with Gasteiger partial charge < -0.3 is 47.9 Å². The second-order valence-corrected chi connectivity index (χ2v) is 11.1. The topological polar surface area (TPSA) is 242 Å². The van der Waals surface area contributed by atoms with E-state index in [1.54, 1.807) is 18.3 Å². The first-order valence-electron chi connectivity index (χ1n) is 14.8. The molecule has 0 aliphatic carbocycles. The zero-order chi connectivity index (χ0) is 32.5. The average Bonchev–Trinajstić information content (AvgIpc) is 3.67. The predicted octanol–water partition coefficient (Wildman–Crippen LogP) is 0.0848. The smallest absolute Gasteiger partial charge is 0.326 e. The number of nitrogens with two attached hydrogens (primary N) is 3. The van der Waals surface area contributed by atoms with Gasteiger partial charge in [-0.15, -0.1) is 0 Å². The number of carboxylic acid groups (broad SMARTS) is 1. The molecule has 2 heterocycles. The summed E-state index contributed by atoms with van der Waals surface area (Å²) in [5.41, 5.74) is 19.1. The van der Waals surface area contributed by atoms with Gasteiger partial charge in [-0.25, -0.2) is 4.79 Å². The number of carbonyl (C=O) groups is 4. The molecule has 14 heteroatoms. The molecule has 1 aromatic heterocycles. The summed E-state index contributed by atoms with van der Waals surface area (Å²) in [6.45, 7) is 0.527. The number of aromatic hydroxyl groups is 1. The Labute approximate surface area is 260 Å². The normalized spacial score (nSPS) is 16.5. The van der Waals surface area contributed by atoms with Crippen molar-refractivity contribution in [3.8, 4) is 5.75 Å². The van der Waals surface area contributed by atoms with E-state index in [0.29, 0.717) is 24.8 Å². The minimum absolute atomic E-state index is 0.0335. The van der Waals surface area contributed by atoms with Gasteiger partial charge in [-0.2, -0.15) is 0 Å². The number of nitrogens with zero attached hydrogens (tertiary/aromatic N) is 2. The van der Waals surface area contributed by atoms with Gasteiger partial charge in [0, 0.05) is 43.0 Å². The highest BCUT2D eigenvalue weighted by Gasteiger charge is 2.38. The van der Waals surface area contributed by atoms with E-state index in [2.05, 4.69) is 20.6 Å². The maximum absolute atomic E-state index is 13.9. The van der Waals surface area contributed by atoms with Crippen LogP contribution in [0.3, 0.4) is 0 Å². The number of carboxylic acids is 1. The molecule has 1 saturated heterocycles. The second-order valence-electron chi connectivity index (χ2n) is 11.1. The Morgan fingerprint density at radius 1 is 1.00 bits per heavy atom. The third-order valence-corrected chi connectivity index (χ3v) is 7.85. The van der Waals surface area contributed by atoms with Gasteiger partial charge in [0.15, 0.2) is 5.96 Å². The average molecular weight is 621 g/mol. The number of amides is 3. The highest BCUT2D eigenvalue weighted by atomic mass is 16.4. The zero-order valence-corrected chi connectivity index (χ0v) is 24.8. The molecule has 1 fully saturated rings. The Bertz CT molecular complexity index is 1530. The highest BCUT2D eigenvalue weighted by molar-refractivity contribution is 5.95. The largest absolute Gasteiger partial charge is 0.508 e. The number of aromatic amines is 1. The van der Waals surface area contributed by atoms with E-state index < -0.39 is 47.9 Å². The predicted molar refractivity (Wildman–Crippen MR) is 168 cm³/mol. The lowest BCUT2D eigenvalue weighted by molar-refractivity contribution is -0.149. The van der Waals surface area contributed by atoms with Crippen LogP contribution in [0.5, 0.6) is 5.75 Å². The first-order chi connectivity index (χ1) is 21.5. The lowest BCUT2D eigenvalue weighted by atomic mass is 10.0. The van der Waals surface area contributed by atoms with Crippen LogP contribution in [0.2, 0.25) is 0 Å². The molecule has 4 unspecified atom stereocenters. The highest BCUT2D eigenvalue weighted by Crippen LogP contribution is 2.22. The molecular weight excluding hydrogens is 580 g/mol. The second kappa shape index (κ2) is 15.1. The van der Waals surface area contributed by atoms with Crippen molar-refractivity contribution in [2.75, 3.05) is 13.1 Å². The lowest BCUT2D eigenvalue weighted by Crippen LogP contribution is -2.58. The number of aromatic nitrogens is 1. The minimum atomic E-state index is -1.14. The Morgan fingerprint density at radius 2 is 1.71 bits per heavy atom. The van der Waals surface area contributed by atoms with Crippen molar-refractivity contribution in [2.24, 2.45) is 22.2 Å². The molecule has 3 amide bonds. The van der Waals surface area contributed by atoms with Crippen LogP contribution in [0.4, 0.5) is 0 Å². The monoisotopic (exact) mass is 620 g/mol. The number of para-hydroxylation sites is 1. The number of aliphatic imine (C=N–C) groups is 1. The van der Waals surface area contributed by atoms with E-state index in [1.807, 2.05) is 24.3 Å². The van der Waals surface area contributed by atoms with E-state index in [-0.39, 0.29) is 44.1 Å². The van der Waals surface area contributed by atoms with Gasteiger partial charge in [-0.1, -0.05) is 30.3 Å². The van der Waals surface area contributed by atoms with Crippen LogP contribution in [0.25, 0.3) is 10.9 Å². The van der Waals surface area contributed by atoms with Crippen molar-refractivity contribution in [1.82, 2.24) is 20.5 Å². The third kappa shape index (κ3) is 8.72. The number of hydrogen-bond acceptors (Lipinski definition) is 7. The Balaban J connectivity index is 1.58. The molecule has 0 radical (unpaired) electrons. The molecule has 1 aliphatic heterocycles. The van der Waals surface area contributed by atoms with Gasteiger partial charge >= 0.3 is 5.97 Å². The van der Waals surface area contributed by atoms with Crippen molar-refractivity contribution in [3.63, 3.8) is 0 Å². The maximum Gasteiger partial charge on any atom is 0.326 e. The first-order valence-corrected chi connectivity index (χ1v) is 14.8. The van der Waals surface area contributed by atoms with Gasteiger partial charge in [-0.05, 0) is 55.0 Å². The molecule has 0 bridgehead atoms. The van der Waals surface area contributed by atoms with Gasteiger partial charge in [0.05, 0.1) is 6.04 Å². The minimum Gasteiger partial charge on any atom is -0.508 e. The summed E-state index contributed by atoms with van der Waals surface area (Å²) in [6.07, 6.45) is 3.40. The summed E-state index contributed by atoms with van der Waals surface area (Å²) in [5.74, 6) is -2.89. The summed E-state index contributed by atoms with van der Waals surface area (Å²) < 4.78 is 0. The molecule has 4 rings (SSSR count). The fourth-order valence-corrected chi connectivity index (χ4v) is 5.49. The molecule has 0 saturated carbocycles. The van der Waals surface area contributed by atoms with E-state index in [1.165, 1.54) is 17.0 Å². The van der Waals surface area contributed by atoms with Crippen LogP contribution >= 0.6 is 0 Å². The van der Waals surface area contributed by atoms with Gasteiger partial charge in [0.25, 0.3) is 0 Å². The number of nitrogens with one attached hydrogen (secondary N) is 3. The molecule has 14 nitrogen and oxygen atoms in total. The Morgan fingerprint density at radius 3 is 2.42 bits per heavy atom. The summed E-state index contributed by atoms with van der Waals surface area (Å²) in [7, 11) is 0. The van der Waals surface area contributed by atoms with Crippen molar-refractivity contribution >= 4 is 40.6 Å². The number of rotatable bonds is 14. The van der Waals surface area contributed by atoms with E-state index >= 15 is 0 Å². The number of hydrogen-bond donors (Lipinski definition) is 8. The number of benzene rings is 2. The Kier molecular flexibility index (Phi) is 11.0. The number of guanidine groups is 1. The van der Waals surface area contributed by atoms with E-state index in [4.69, 9.17) is 17.2 Å². The number of likely N-dealkylation sites (tertiary alicyclic amines) is 1. The SMILES string of the molecule is NC(N)=NCCCC(N)C(=O)NC(Cc1c[nH]c2ccccc12)C(=O)NC(Cc1ccc(O)cc1)C(=O)N1CCCC1C(=O)O. The summed E-state index contributed by atoms with van der Waals surface area (Å²) in [6, 6.07) is 9.46. The van der Waals surface area contributed by atoms with Crippen LogP contribution in [-0.2, 0) is 32.0 Å². The molecule has 45 heavy (non-hydrogen) atoms. The van der Waals surface area contributed by atoms with E-state index in [0.717, 1.165) is 16.5 Å². The molecule has 1 aliphatic rings. The van der Waals surface area contributed by atoms with Gasteiger partial charge in [0.1, 0.15) is 23.9 Å². The summed E-state index contributed by atoms with van der Waals surface area (Å²) >= 11 is 0. The van der Waals surface area contributed by atoms with Crippen molar-refractivity contribution < 1.29 is 29.4 Å². The van der Waals surface area contributed by atoms with Crippen LogP contribution in [-0.4, -0.2) is 87.0 Å². The zero-order valence-electron chi connectivity index (χ0n) is 24.8. The summed E-state index contributed by atoms with van der Waals surface area (Å²) in [4.78, 5) is 61.1. The molecule has 4 atom stereocenters. The molecular formula is C31H40N8O6. The number of aliphatic carboxylic acids is 1. The lowest BCUT2D eigenvalue weighted by Gasteiger charge is -2.29. The molecule has 240 valence electrons. The van der Waals surface area contributed by atoms with Crippen LogP contribution < -0.4 is 27.8 Å². The van der Waals surface area contributed by atoms with E-state index in [9.17, 15) is 29.4 Å². The number of H-pyrrole nitrogens is 1. The number of fused-ring (bicyclic) bond motifs is 1. The third-order valence-electron chi connectivity index (χ3n) is 7.85. The maximum atomic E-state index is 13.9. The Hall–Kier alpha value is -5.11. The standard InChI is InChI=1S/C31H40N8O6/c32-22(6-3-13-35-31(33)34)27(41)37-24(16-19-17-36-23-7-2-1-5-21(19)23)28(42)38-25(15-18-9-11-20(40)12-10-18)29(43)39-14-4-8-26(39)30(44)45/h1-2,5,7,9-12,17,22,24-26,36,40H,3-4,6,8,13-16,32H2,(H,37,41)(H,38,42)(H,44,45)(H4,33,34,35). The van der Waals surface area contributed by atoms with Gasteiger partial charge in [0.2, 0.25) is 17.7 Å². The van der Waals surface area contributed by atoms with Crippen molar-refractivity contribution in [2.45, 2.75) is 62.7 Å². The quantitative estimate of drug-likeness (QED) is 0.0690. The fraction of sp³-hybridized carbons (Fsp3) is 0.387. The van der Waals surface area contributed by atoms with Crippen LogP contribution in [0.1, 0.15) is 36.8 Å². The molecule has 11 N–H and O–H groups in total.